The molecule has 3 N–H and O–H groups in total. The summed E-state index contributed by atoms with van der Waals surface area (Å²) in [6.45, 7) is 48.7. The maximum absolute atomic E-state index is 12.5. The van der Waals surface area contributed by atoms with Crippen molar-refractivity contribution in [2.24, 2.45) is 0 Å². The molecule has 75 heavy (non-hydrogen) atoms. The zero-order valence-corrected chi connectivity index (χ0v) is 52.7. The molecule has 0 amide bonds. The maximum Gasteiger partial charge on any atom is 0.123 e. The zero-order chi connectivity index (χ0) is 56.5. The Morgan fingerprint density at radius 1 is 0.293 bits per heavy atom. The summed E-state index contributed by atoms with van der Waals surface area (Å²) in [7, 11) is 0. The minimum atomic E-state index is -0.203. The van der Waals surface area contributed by atoms with Gasteiger partial charge in [-0.25, -0.2) is 0 Å². The van der Waals surface area contributed by atoms with Gasteiger partial charge in [-0.1, -0.05) is 226 Å². The van der Waals surface area contributed by atoms with Crippen molar-refractivity contribution >= 4 is 0 Å². The van der Waals surface area contributed by atoms with Gasteiger partial charge in [-0.2, -0.15) is 0 Å². The number of rotatable bonds is 30. The van der Waals surface area contributed by atoms with Crippen molar-refractivity contribution in [1.29, 1.82) is 0 Å². The molecular weight excluding hydrogens is 913 g/mol. The number of unbranched alkanes of at least 4 members (excludes halogenated alkanes) is 2. The summed E-state index contributed by atoms with van der Waals surface area (Å²) in [6.07, 6.45) is 21.1. The molecule has 420 valence electrons. The van der Waals surface area contributed by atoms with E-state index in [4.69, 9.17) is 0 Å². The predicted octanol–water partition coefficient (Wildman–Crippen LogP) is 21.0. The summed E-state index contributed by atoms with van der Waals surface area (Å²) < 4.78 is 0. The highest BCUT2D eigenvalue weighted by Gasteiger charge is 2.35. The highest BCUT2D eigenvalue weighted by Crippen LogP contribution is 2.48. The summed E-state index contributed by atoms with van der Waals surface area (Å²) in [5.74, 6) is 1.46. The van der Waals surface area contributed by atoms with Crippen molar-refractivity contribution in [2.75, 3.05) is 0 Å². The molecule has 4 rings (SSSR count). The van der Waals surface area contributed by atoms with Crippen LogP contribution in [0.1, 0.15) is 325 Å². The van der Waals surface area contributed by atoms with E-state index in [1.165, 1.54) is 50.1 Å². The Labute approximate surface area is 463 Å². The maximum atomic E-state index is 12.5. The Morgan fingerprint density at radius 2 is 0.507 bits per heavy atom. The van der Waals surface area contributed by atoms with Crippen LogP contribution in [0.25, 0.3) is 0 Å². The van der Waals surface area contributed by atoms with Crippen molar-refractivity contribution in [3.05, 3.63) is 120 Å². The SMILES string of the molecule is CCCCc1c(C)c(Cc2cc(C(C)(C)CCC)c(O)c(C(C)(C)CCC)c2)c(Cc2cc(C(C)(C)CCC)c(O)c(C(C)(C)CCC)c2)c(CCCC)c1Cc1cc(C(C)(C)CCC)c(O)c(C(C)(C)CCC)c1. The van der Waals surface area contributed by atoms with Gasteiger partial charge in [-0.3, -0.25) is 0 Å². The topological polar surface area (TPSA) is 60.7 Å². The molecule has 0 heterocycles. The number of hydrogen-bond acceptors (Lipinski definition) is 3. The Kier molecular flexibility index (Phi) is 22.4. The highest BCUT2D eigenvalue weighted by atomic mass is 16.3. The average molecular weight is 1030 g/mol. The summed E-state index contributed by atoms with van der Waals surface area (Å²) in [4.78, 5) is 0. The summed E-state index contributed by atoms with van der Waals surface area (Å²) in [5.41, 5.74) is 18.0. The second-order valence-electron chi connectivity index (χ2n) is 27.7. The first-order valence-electron chi connectivity index (χ1n) is 30.7. The Bertz CT molecular complexity index is 2380. The number of hydrogen-bond donors (Lipinski definition) is 3. The minimum absolute atomic E-state index is 0.183. The van der Waals surface area contributed by atoms with E-state index in [0.717, 1.165) is 168 Å². The molecule has 0 saturated carbocycles. The van der Waals surface area contributed by atoms with Gasteiger partial charge in [0.2, 0.25) is 0 Å². The summed E-state index contributed by atoms with van der Waals surface area (Å²) in [6, 6.07) is 14.4. The van der Waals surface area contributed by atoms with Gasteiger partial charge in [0.25, 0.3) is 0 Å². The lowest BCUT2D eigenvalue weighted by Crippen LogP contribution is -2.23. The number of benzene rings is 4. The van der Waals surface area contributed by atoms with E-state index in [-0.39, 0.29) is 32.5 Å². The molecule has 0 bridgehead atoms. The Morgan fingerprint density at radius 3 is 0.733 bits per heavy atom. The normalized spacial score (nSPS) is 13.1. The summed E-state index contributed by atoms with van der Waals surface area (Å²) >= 11 is 0. The number of aromatic hydroxyl groups is 3. The van der Waals surface area contributed by atoms with E-state index in [0.29, 0.717) is 17.2 Å². The van der Waals surface area contributed by atoms with Crippen molar-refractivity contribution in [2.45, 2.75) is 313 Å². The second kappa shape index (κ2) is 26.3. The second-order valence-corrected chi connectivity index (χ2v) is 27.7. The minimum Gasteiger partial charge on any atom is -0.507 e. The molecule has 3 heteroatoms. The van der Waals surface area contributed by atoms with Crippen molar-refractivity contribution in [3.63, 3.8) is 0 Å². The van der Waals surface area contributed by atoms with E-state index >= 15 is 0 Å². The van der Waals surface area contributed by atoms with Gasteiger partial charge in [-0.15, -0.1) is 0 Å². The van der Waals surface area contributed by atoms with Crippen LogP contribution in [-0.2, 0) is 64.6 Å². The van der Waals surface area contributed by atoms with E-state index in [1.54, 1.807) is 0 Å². The Balaban J connectivity index is 2.34. The van der Waals surface area contributed by atoms with Crippen LogP contribution in [0, 0.1) is 6.92 Å². The molecule has 0 unspecified atom stereocenters. The fourth-order valence-corrected chi connectivity index (χ4v) is 13.8. The number of phenolic OH excluding ortho intramolecular Hbond substituents is 3. The lowest BCUT2D eigenvalue weighted by atomic mass is 9.71. The monoisotopic (exact) mass is 1030 g/mol. The van der Waals surface area contributed by atoms with Crippen LogP contribution in [0.2, 0.25) is 0 Å². The summed E-state index contributed by atoms with van der Waals surface area (Å²) in [5, 5.41) is 37.3. The molecule has 0 aliphatic carbocycles. The first kappa shape index (κ1) is 63.8. The van der Waals surface area contributed by atoms with Gasteiger partial charge < -0.3 is 15.3 Å². The molecule has 4 aromatic carbocycles. The molecular formula is C72H114O3. The van der Waals surface area contributed by atoms with Crippen LogP contribution in [0.3, 0.4) is 0 Å². The third-order valence-electron chi connectivity index (χ3n) is 18.2. The molecule has 0 aliphatic rings. The largest absolute Gasteiger partial charge is 0.507 e. The molecule has 0 aromatic heterocycles. The Hall–Kier alpha value is -3.72. The third kappa shape index (κ3) is 14.9. The third-order valence-corrected chi connectivity index (χ3v) is 18.2. The molecule has 0 saturated heterocycles. The van der Waals surface area contributed by atoms with Gasteiger partial charge in [-0.05, 0) is 173 Å². The average Bonchev–Trinajstić information content (AvgIpc) is 3.30. The van der Waals surface area contributed by atoms with Crippen LogP contribution in [0.15, 0.2) is 36.4 Å². The predicted molar refractivity (Wildman–Crippen MR) is 329 cm³/mol. The van der Waals surface area contributed by atoms with Crippen LogP contribution in [0.4, 0.5) is 0 Å². The van der Waals surface area contributed by atoms with Gasteiger partial charge in [0.15, 0.2) is 0 Å². The zero-order valence-electron chi connectivity index (χ0n) is 52.7. The van der Waals surface area contributed by atoms with Crippen molar-refractivity contribution in [3.8, 4) is 17.2 Å². The first-order valence-corrected chi connectivity index (χ1v) is 30.7. The van der Waals surface area contributed by atoms with E-state index < -0.39 is 0 Å². The fraction of sp³-hybridized carbons (Fsp3) is 0.667. The smallest absolute Gasteiger partial charge is 0.123 e. The van der Waals surface area contributed by atoms with Crippen LogP contribution >= 0.6 is 0 Å². The number of phenols is 3. The van der Waals surface area contributed by atoms with Crippen LogP contribution in [-0.4, -0.2) is 15.3 Å². The van der Waals surface area contributed by atoms with Crippen molar-refractivity contribution < 1.29 is 15.3 Å². The molecule has 0 radical (unpaired) electrons. The lowest BCUT2D eigenvalue weighted by Gasteiger charge is -2.34. The quantitative estimate of drug-likeness (QED) is 0.0488. The molecule has 3 nitrogen and oxygen atoms in total. The molecule has 0 aliphatic heterocycles. The molecule has 4 aromatic rings. The van der Waals surface area contributed by atoms with Crippen LogP contribution < -0.4 is 0 Å². The van der Waals surface area contributed by atoms with Gasteiger partial charge >= 0.3 is 0 Å². The van der Waals surface area contributed by atoms with E-state index in [2.05, 4.69) is 182 Å². The fourth-order valence-electron chi connectivity index (χ4n) is 13.8. The first-order chi connectivity index (χ1) is 35.0. The van der Waals surface area contributed by atoms with E-state index in [9.17, 15) is 15.3 Å². The van der Waals surface area contributed by atoms with Crippen molar-refractivity contribution in [1.82, 2.24) is 0 Å². The molecule has 0 fully saturated rings. The highest BCUT2D eigenvalue weighted by molar-refractivity contribution is 5.60. The van der Waals surface area contributed by atoms with Gasteiger partial charge in [0.05, 0.1) is 0 Å². The van der Waals surface area contributed by atoms with Gasteiger partial charge in [0.1, 0.15) is 17.2 Å². The van der Waals surface area contributed by atoms with Gasteiger partial charge in [0, 0.05) is 33.4 Å². The van der Waals surface area contributed by atoms with Crippen LogP contribution in [0.5, 0.6) is 17.2 Å². The molecule has 0 atom stereocenters. The lowest BCUT2D eigenvalue weighted by molar-refractivity contribution is 0.387. The standard InChI is InChI=1S/C72H114O3/c1-22-30-32-53-49(9)55(40-50-43-58(67(10,11)34-24-3)64(73)59(44-50)68(12,13)35-25-4)57(42-52-47-62(71(18,19)38-28-7)66(75)63(48-52)72(20,21)39-29-8)54(33-31-23-2)56(53)41-51-45-60(69(14,15)36-26-5)65(74)61(46-51)70(16,17)37-27-6/h43-48,73-75H,22-42H2,1-21H3. The van der Waals surface area contributed by atoms with E-state index in [1.807, 2.05) is 0 Å². The molecule has 0 spiro atoms.